The van der Waals surface area contributed by atoms with E-state index in [1.165, 1.54) is 0 Å². The third kappa shape index (κ3) is 3.29. The van der Waals surface area contributed by atoms with E-state index in [4.69, 9.17) is 16.3 Å². The van der Waals surface area contributed by atoms with Gasteiger partial charge in [-0.2, -0.15) is 0 Å². The van der Waals surface area contributed by atoms with Crippen LogP contribution in [-0.2, 0) is 6.61 Å². The van der Waals surface area contributed by atoms with E-state index < -0.39 is 0 Å². The summed E-state index contributed by atoms with van der Waals surface area (Å²) >= 11 is 5.79. The predicted octanol–water partition coefficient (Wildman–Crippen LogP) is 2.15. The molecule has 2 heterocycles. The zero-order valence-corrected chi connectivity index (χ0v) is 9.98. The van der Waals surface area contributed by atoms with Gasteiger partial charge in [-0.3, -0.25) is 9.97 Å². The van der Waals surface area contributed by atoms with E-state index in [0.29, 0.717) is 17.4 Å². The van der Waals surface area contributed by atoms with Crippen LogP contribution < -0.4 is 10.1 Å². The maximum absolute atomic E-state index is 5.79. The summed E-state index contributed by atoms with van der Waals surface area (Å²) < 4.78 is 5.48. The van der Waals surface area contributed by atoms with Gasteiger partial charge in [0.05, 0.1) is 29.3 Å². The molecule has 88 valence electrons. The minimum Gasteiger partial charge on any atom is -0.486 e. The summed E-state index contributed by atoms with van der Waals surface area (Å²) in [5, 5.41) is 3.43. The van der Waals surface area contributed by atoms with Crippen LogP contribution in [0.15, 0.2) is 30.9 Å². The number of hydrogen-bond donors (Lipinski definition) is 1. The van der Waals surface area contributed by atoms with Gasteiger partial charge in [-0.15, -0.1) is 0 Å². The lowest BCUT2D eigenvalue weighted by Crippen LogP contribution is -2.01. The molecular formula is C11H11ClN4O. The minimum absolute atomic E-state index is 0.332. The zero-order chi connectivity index (χ0) is 12.1. The molecule has 0 aromatic carbocycles. The van der Waals surface area contributed by atoms with Crippen molar-refractivity contribution in [1.82, 2.24) is 15.0 Å². The molecule has 0 atom stereocenters. The summed E-state index contributed by atoms with van der Waals surface area (Å²) in [6, 6.07) is 1.70. The lowest BCUT2D eigenvalue weighted by atomic mass is 10.4. The normalized spacial score (nSPS) is 10.0. The smallest absolute Gasteiger partial charge is 0.144 e. The molecule has 0 aliphatic carbocycles. The molecule has 0 fully saturated rings. The van der Waals surface area contributed by atoms with Crippen molar-refractivity contribution in [1.29, 1.82) is 0 Å². The fraction of sp³-hybridized carbons (Fsp3) is 0.182. The van der Waals surface area contributed by atoms with Crippen molar-refractivity contribution in [2.24, 2.45) is 0 Å². The molecule has 0 aliphatic rings. The van der Waals surface area contributed by atoms with Crippen LogP contribution in [0.25, 0.3) is 0 Å². The van der Waals surface area contributed by atoms with Crippen LogP contribution >= 0.6 is 11.6 Å². The van der Waals surface area contributed by atoms with Gasteiger partial charge < -0.3 is 10.1 Å². The summed E-state index contributed by atoms with van der Waals surface area (Å²) in [6.07, 6.45) is 6.45. The van der Waals surface area contributed by atoms with Crippen molar-refractivity contribution in [3.8, 4) is 5.75 Å². The molecule has 2 aromatic heterocycles. The predicted molar refractivity (Wildman–Crippen MR) is 65.2 cm³/mol. The highest BCUT2D eigenvalue weighted by molar-refractivity contribution is 6.30. The molecule has 0 saturated carbocycles. The van der Waals surface area contributed by atoms with Gasteiger partial charge in [0.1, 0.15) is 18.2 Å². The maximum Gasteiger partial charge on any atom is 0.144 e. The van der Waals surface area contributed by atoms with Crippen molar-refractivity contribution in [3.63, 3.8) is 0 Å². The van der Waals surface area contributed by atoms with E-state index in [0.717, 1.165) is 11.5 Å². The number of hydrogen-bond acceptors (Lipinski definition) is 5. The Hall–Kier alpha value is -1.88. The molecule has 2 rings (SSSR count). The van der Waals surface area contributed by atoms with Crippen molar-refractivity contribution < 1.29 is 4.74 Å². The average Bonchev–Trinajstić information content (AvgIpc) is 2.37. The molecule has 17 heavy (non-hydrogen) atoms. The third-order valence-electron chi connectivity index (χ3n) is 2.03. The number of pyridine rings is 1. The number of nitrogens with one attached hydrogen (secondary N) is 1. The molecule has 0 unspecified atom stereocenters. The van der Waals surface area contributed by atoms with Gasteiger partial charge in [0, 0.05) is 19.3 Å². The molecular weight excluding hydrogens is 240 g/mol. The molecule has 1 N–H and O–H groups in total. The van der Waals surface area contributed by atoms with Crippen molar-refractivity contribution in [2.45, 2.75) is 6.61 Å². The summed E-state index contributed by atoms with van der Waals surface area (Å²) in [5.41, 5.74) is 0.740. The van der Waals surface area contributed by atoms with Crippen molar-refractivity contribution in [2.75, 3.05) is 12.4 Å². The van der Waals surface area contributed by atoms with Gasteiger partial charge in [0.2, 0.25) is 0 Å². The van der Waals surface area contributed by atoms with Gasteiger partial charge in [0.25, 0.3) is 0 Å². The van der Waals surface area contributed by atoms with Crippen molar-refractivity contribution >= 4 is 17.4 Å². The van der Waals surface area contributed by atoms with Crippen LogP contribution in [0, 0.1) is 0 Å². The van der Waals surface area contributed by atoms with E-state index in [9.17, 15) is 0 Å². The molecule has 0 aliphatic heterocycles. The molecule has 0 spiro atoms. The summed E-state index contributed by atoms with van der Waals surface area (Å²) in [7, 11) is 1.79. The van der Waals surface area contributed by atoms with Crippen LogP contribution in [0.1, 0.15) is 5.69 Å². The second-order valence-corrected chi connectivity index (χ2v) is 3.71. The SMILES string of the molecule is CNc1cnc(COc2cncc(Cl)c2)cn1. The Bertz CT molecular complexity index is 489. The second-order valence-electron chi connectivity index (χ2n) is 3.27. The Morgan fingerprint density at radius 3 is 2.76 bits per heavy atom. The number of halogens is 1. The van der Waals surface area contributed by atoms with Crippen LogP contribution in [0.2, 0.25) is 5.02 Å². The Morgan fingerprint density at radius 2 is 2.12 bits per heavy atom. The summed E-state index contributed by atoms with van der Waals surface area (Å²) in [6.45, 7) is 0.332. The number of ether oxygens (including phenoxy) is 1. The highest BCUT2D eigenvalue weighted by atomic mass is 35.5. The molecule has 0 bridgehead atoms. The number of aromatic nitrogens is 3. The topological polar surface area (TPSA) is 59.9 Å². The van der Waals surface area contributed by atoms with E-state index in [1.54, 1.807) is 37.9 Å². The zero-order valence-electron chi connectivity index (χ0n) is 9.22. The fourth-order valence-corrected chi connectivity index (χ4v) is 1.35. The van der Waals surface area contributed by atoms with Gasteiger partial charge >= 0.3 is 0 Å². The average molecular weight is 251 g/mol. The van der Waals surface area contributed by atoms with E-state index >= 15 is 0 Å². The van der Waals surface area contributed by atoms with Gasteiger partial charge in [-0.1, -0.05) is 11.6 Å². The highest BCUT2D eigenvalue weighted by Crippen LogP contribution is 2.16. The number of rotatable bonds is 4. The van der Waals surface area contributed by atoms with Crippen LogP contribution in [-0.4, -0.2) is 22.0 Å². The number of nitrogens with zero attached hydrogens (tertiary/aromatic N) is 3. The molecule has 0 radical (unpaired) electrons. The summed E-state index contributed by atoms with van der Waals surface area (Å²) in [4.78, 5) is 12.2. The number of anilines is 1. The first kappa shape index (κ1) is 11.6. The van der Waals surface area contributed by atoms with Crippen LogP contribution in [0.4, 0.5) is 5.82 Å². The van der Waals surface area contributed by atoms with Gasteiger partial charge in [-0.05, 0) is 0 Å². The third-order valence-corrected chi connectivity index (χ3v) is 2.23. The minimum atomic E-state index is 0.332. The standard InChI is InChI=1S/C11H11ClN4O/c1-13-11-6-15-9(4-16-11)7-17-10-2-8(12)3-14-5-10/h2-6H,7H2,1H3,(H,13,16). The highest BCUT2D eigenvalue weighted by Gasteiger charge is 1.99. The molecule has 6 heteroatoms. The van der Waals surface area contributed by atoms with Gasteiger partial charge in [0.15, 0.2) is 0 Å². The van der Waals surface area contributed by atoms with E-state index in [2.05, 4.69) is 20.3 Å². The quantitative estimate of drug-likeness (QED) is 0.901. The lowest BCUT2D eigenvalue weighted by molar-refractivity contribution is 0.299. The first-order chi connectivity index (χ1) is 8.28. The first-order valence-electron chi connectivity index (χ1n) is 5.00. The fourth-order valence-electron chi connectivity index (χ4n) is 1.19. The van der Waals surface area contributed by atoms with E-state index in [1.807, 2.05) is 0 Å². The van der Waals surface area contributed by atoms with Crippen LogP contribution in [0.5, 0.6) is 5.75 Å². The monoisotopic (exact) mass is 250 g/mol. The largest absolute Gasteiger partial charge is 0.486 e. The second kappa shape index (κ2) is 5.45. The van der Waals surface area contributed by atoms with Gasteiger partial charge in [-0.25, -0.2) is 4.98 Å². The molecule has 0 saturated heterocycles. The molecule has 0 amide bonds. The molecule has 2 aromatic rings. The lowest BCUT2D eigenvalue weighted by Gasteiger charge is -2.05. The Balaban J connectivity index is 1.97. The summed E-state index contributed by atoms with van der Waals surface area (Å²) in [5.74, 6) is 1.33. The Morgan fingerprint density at radius 1 is 1.24 bits per heavy atom. The van der Waals surface area contributed by atoms with E-state index in [-0.39, 0.29) is 0 Å². The maximum atomic E-state index is 5.79. The van der Waals surface area contributed by atoms with Crippen LogP contribution in [0.3, 0.4) is 0 Å². The molecule has 5 nitrogen and oxygen atoms in total. The van der Waals surface area contributed by atoms with Crippen molar-refractivity contribution in [3.05, 3.63) is 41.6 Å². The Labute approximate surface area is 104 Å². The Kier molecular flexibility index (Phi) is 3.72. The first-order valence-corrected chi connectivity index (χ1v) is 5.38.